The van der Waals surface area contributed by atoms with Crippen molar-refractivity contribution < 1.29 is 34.0 Å². The van der Waals surface area contributed by atoms with Crippen molar-refractivity contribution in [1.29, 1.82) is 0 Å². The Morgan fingerprint density at radius 2 is 1.70 bits per heavy atom. The van der Waals surface area contributed by atoms with E-state index < -0.39 is 17.8 Å². The minimum atomic E-state index is -0.647. The number of ketones is 1. The van der Waals surface area contributed by atoms with E-state index in [4.69, 9.17) is 14.2 Å². The monoisotopic (exact) mass is 372 g/mol. The maximum Gasteiger partial charge on any atom is 0.310 e. The van der Waals surface area contributed by atoms with Crippen LogP contribution in [0.1, 0.15) is 15.9 Å². The summed E-state index contributed by atoms with van der Waals surface area (Å²) in [5, 5.41) is 19.4. The Balaban J connectivity index is 1.85. The largest absolute Gasteiger partial charge is 0.504 e. The Hall–Kier alpha value is -3.22. The van der Waals surface area contributed by atoms with Crippen LogP contribution in [0.3, 0.4) is 0 Å². The fraction of sp³-hybridized carbons (Fsp3) is 0.300. The number of benzene rings is 2. The minimum Gasteiger partial charge on any atom is -0.504 e. The normalized spacial score (nSPS) is 18.8. The molecule has 0 aliphatic carbocycles. The number of hydrogen-bond acceptors (Lipinski definition) is 7. The molecular weight excluding hydrogens is 352 g/mol. The maximum absolute atomic E-state index is 12.9. The molecule has 0 radical (unpaired) electrons. The van der Waals surface area contributed by atoms with Gasteiger partial charge in [0.15, 0.2) is 28.8 Å². The molecule has 2 aromatic carbocycles. The van der Waals surface area contributed by atoms with Crippen LogP contribution in [0.25, 0.3) is 0 Å². The summed E-state index contributed by atoms with van der Waals surface area (Å²) in [6, 6.07) is 9.10. The van der Waals surface area contributed by atoms with Crippen molar-refractivity contribution >= 4 is 11.8 Å². The number of carbonyl (C=O) groups is 2. The molecule has 7 heteroatoms. The Labute approximate surface area is 156 Å². The number of aromatic hydroxyl groups is 2. The van der Waals surface area contributed by atoms with Crippen LogP contribution in [-0.4, -0.2) is 42.8 Å². The highest BCUT2D eigenvalue weighted by Gasteiger charge is 2.41. The SMILES string of the molecule is COc1cc(CC2C(=O)OCC2C(=O)c2ccc(O)c(OC)c2)ccc1O. The molecule has 0 aromatic heterocycles. The quantitative estimate of drug-likeness (QED) is 0.593. The molecule has 7 nitrogen and oxygen atoms in total. The Morgan fingerprint density at radius 1 is 1.07 bits per heavy atom. The number of methoxy groups -OCH3 is 2. The number of Topliss-reactive ketones (excluding diaryl/α,β-unsaturated/α-hetero) is 1. The van der Waals surface area contributed by atoms with E-state index in [0.717, 1.165) is 5.56 Å². The molecule has 1 aliphatic heterocycles. The summed E-state index contributed by atoms with van der Waals surface area (Å²) in [4.78, 5) is 25.1. The van der Waals surface area contributed by atoms with Crippen molar-refractivity contribution in [3.63, 3.8) is 0 Å². The zero-order valence-electron chi connectivity index (χ0n) is 15.0. The van der Waals surface area contributed by atoms with Crippen molar-refractivity contribution in [3.05, 3.63) is 47.5 Å². The van der Waals surface area contributed by atoms with E-state index in [-0.39, 0.29) is 36.1 Å². The third kappa shape index (κ3) is 3.67. The Morgan fingerprint density at radius 3 is 2.37 bits per heavy atom. The molecule has 0 bridgehead atoms. The lowest BCUT2D eigenvalue weighted by atomic mass is 9.84. The fourth-order valence-electron chi connectivity index (χ4n) is 3.19. The van der Waals surface area contributed by atoms with Gasteiger partial charge in [0.1, 0.15) is 6.61 Å². The van der Waals surface area contributed by atoms with Gasteiger partial charge in [-0.3, -0.25) is 9.59 Å². The summed E-state index contributed by atoms with van der Waals surface area (Å²) in [6.07, 6.45) is 0.279. The zero-order valence-corrected chi connectivity index (χ0v) is 15.0. The third-order valence-electron chi connectivity index (χ3n) is 4.69. The smallest absolute Gasteiger partial charge is 0.310 e. The lowest BCUT2D eigenvalue weighted by Gasteiger charge is -2.16. The fourth-order valence-corrected chi connectivity index (χ4v) is 3.19. The highest BCUT2D eigenvalue weighted by molar-refractivity contribution is 6.01. The van der Waals surface area contributed by atoms with Crippen LogP contribution in [0.4, 0.5) is 0 Å². The van der Waals surface area contributed by atoms with Crippen molar-refractivity contribution in [2.24, 2.45) is 11.8 Å². The van der Waals surface area contributed by atoms with E-state index in [2.05, 4.69) is 0 Å². The topological polar surface area (TPSA) is 102 Å². The first kappa shape index (κ1) is 18.6. The van der Waals surface area contributed by atoms with Gasteiger partial charge in [-0.05, 0) is 42.3 Å². The first-order valence-electron chi connectivity index (χ1n) is 8.38. The number of phenolic OH excluding ortho intramolecular Hbond substituents is 2. The number of esters is 1. The average Bonchev–Trinajstić information content (AvgIpc) is 3.03. The summed E-state index contributed by atoms with van der Waals surface area (Å²) in [5.74, 6) is -1.57. The summed E-state index contributed by atoms with van der Waals surface area (Å²) >= 11 is 0. The molecule has 2 unspecified atom stereocenters. The molecule has 0 saturated carbocycles. The predicted octanol–water partition coefficient (Wildman–Crippen LogP) is 2.33. The predicted molar refractivity (Wildman–Crippen MR) is 95.3 cm³/mol. The van der Waals surface area contributed by atoms with Crippen LogP contribution in [0.2, 0.25) is 0 Å². The summed E-state index contributed by atoms with van der Waals surface area (Å²) in [5.41, 5.74) is 1.08. The van der Waals surface area contributed by atoms with Gasteiger partial charge in [0.25, 0.3) is 0 Å². The summed E-state index contributed by atoms with van der Waals surface area (Å²) in [6.45, 7) is 0.000738. The Bertz CT molecular complexity index is 875. The van der Waals surface area contributed by atoms with Gasteiger partial charge >= 0.3 is 5.97 Å². The average molecular weight is 372 g/mol. The number of rotatable bonds is 6. The summed E-state index contributed by atoms with van der Waals surface area (Å²) < 4.78 is 15.3. The third-order valence-corrected chi connectivity index (χ3v) is 4.69. The van der Waals surface area contributed by atoms with Crippen molar-refractivity contribution in [2.45, 2.75) is 6.42 Å². The van der Waals surface area contributed by atoms with Crippen molar-refractivity contribution in [3.8, 4) is 23.0 Å². The van der Waals surface area contributed by atoms with Gasteiger partial charge in [0.05, 0.1) is 26.1 Å². The van der Waals surface area contributed by atoms with Crippen molar-refractivity contribution in [1.82, 2.24) is 0 Å². The van der Waals surface area contributed by atoms with E-state index in [1.165, 1.54) is 38.5 Å². The van der Waals surface area contributed by atoms with Crippen LogP contribution < -0.4 is 9.47 Å². The molecule has 1 aliphatic rings. The van der Waals surface area contributed by atoms with Crippen molar-refractivity contribution in [2.75, 3.05) is 20.8 Å². The molecule has 0 amide bonds. The van der Waals surface area contributed by atoms with E-state index >= 15 is 0 Å². The number of cyclic esters (lactones) is 1. The molecule has 2 aromatic rings. The number of ether oxygens (including phenoxy) is 3. The second-order valence-electron chi connectivity index (χ2n) is 6.30. The number of carbonyl (C=O) groups excluding carboxylic acids is 2. The summed E-state index contributed by atoms with van der Waals surface area (Å²) in [7, 11) is 2.83. The second-order valence-corrected chi connectivity index (χ2v) is 6.30. The lowest BCUT2D eigenvalue weighted by Crippen LogP contribution is -2.26. The van der Waals surface area contributed by atoms with Gasteiger partial charge in [-0.15, -0.1) is 0 Å². The van der Waals surface area contributed by atoms with Gasteiger partial charge in [-0.25, -0.2) is 0 Å². The van der Waals surface area contributed by atoms with Gasteiger partial charge in [-0.2, -0.15) is 0 Å². The molecule has 1 fully saturated rings. The molecule has 2 atom stereocenters. The Kier molecular flexibility index (Phi) is 5.21. The van der Waals surface area contributed by atoms with E-state index in [1.807, 2.05) is 0 Å². The van der Waals surface area contributed by atoms with E-state index in [0.29, 0.717) is 11.3 Å². The van der Waals surface area contributed by atoms with Crippen LogP contribution in [0.15, 0.2) is 36.4 Å². The molecule has 142 valence electrons. The van der Waals surface area contributed by atoms with Crippen LogP contribution >= 0.6 is 0 Å². The van der Waals surface area contributed by atoms with Crippen LogP contribution in [-0.2, 0) is 16.0 Å². The molecular formula is C20H20O7. The second kappa shape index (κ2) is 7.57. The maximum atomic E-state index is 12.9. The standard InChI is InChI=1S/C20H20O7/c1-25-17-8-11(3-5-15(17)21)7-13-14(10-27-20(13)24)19(23)12-4-6-16(22)18(9-12)26-2/h3-6,8-9,13-14,21-22H,7,10H2,1-2H3. The van der Waals surface area contributed by atoms with Crippen LogP contribution in [0, 0.1) is 11.8 Å². The van der Waals surface area contributed by atoms with E-state index in [9.17, 15) is 19.8 Å². The number of phenols is 2. The molecule has 3 rings (SSSR count). The first-order valence-corrected chi connectivity index (χ1v) is 8.38. The van der Waals surface area contributed by atoms with Gasteiger partial charge in [0.2, 0.25) is 0 Å². The molecule has 27 heavy (non-hydrogen) atoms. The molecule has 2 N–H and O–H groups in total. The highest BCUT2D eigenvalue weighted by Crippen LogP contribution is 2.34. The first-order chi connectivity index (χ1) is 12.9. The zero-order chi connectivity index (χ0) is 19.6. The minimum absolute atomic E-state index is 0.000738. The lowest BCUT2D eigenvalue weighted by molar-refractivity contribution is -0.141. The highest BCUT2D eigenvalue weighted by atomic mass is 16.5. The van der Waals surface area contributed by atoms with E-state index in [1.54, 1.807) is 12.1 Å². The van der Waals surface area contributed by atoms with Gasteiger partial charge in [-0.1, -0.05) is 6.07 Å². The van der Waals surface area contributed by atoms with Crippen LogP contribution in [0.5, 0.6) is 23.0 Å². The molecule has 0 spiro atoms. The molecule has 1 heterocycles. The van der Waals surface area contributed by atoms with Gasteiger partial charge in [0, 0.05) is 5.56 Å². The number of hydrogen-bond donors (Lipinski definition) is 2. The van der Waals surface area contributed by atoms with Gasteiger partial charge < -0.3 is 24.4 Å². The molecule has 1 saturated heterocycles.